The largest absolute Gasteiger partial charge is 0.497 e. The molecule has 1 atom stereocenters. The first kappa shape index (κ1) is 18.5. The van der Waals surface area contributed by atoms with E-state index in [1.807, 2.05) is 31.2 Å². The summed E-state index contributed by atoms with van der Waals surface area (Å²) in [5.74, 6) is 1.26. The Balaban J connectivity index is 1.88. The van der Waals surface area contributed by atoms with E-state index in [2.05, 4.69) is 34.7 Å². The standard InChI is InChI=1S/C16H22N4O2S2/c1-10(2)9-17-14(21)11(3)23-16-20-19-15(24-16)18-12-5-7-13(22-4)8-6-12/h5-8,10-11H,9H2,1-4H3,(H,17,21)(H,18,19)/t11-/m1/s1. The zero-order chi connectivity index (χ0) is 17.5. The number of methoxy groups -OCH3 is 1. The quantitative estimate of drug-likeness (QED) is 0.696. The van der Waals surface area contributed by atoms with Crippen LogP contribution >= 0.6 is 23.1 Å². The topological polar surface area (TPSA) is 76.1 Å². The lowest BCUT2D eigenvalue weighted by molar-refractivity contribution is -0.120. The molecule has 0 spiro atoms. The average molecular weight is 367 g/mol. The van der Waals surface area contributed by atoms with Crippen LogP contribution in [0, 0.1) is 5.92 Å². The third-order valence-electron chi connectivity index (χ3n) is 3.08. The molecule has 0 fully saturated rings. The van der Waals surface area contributed by atoms with E-state index < -0.39 is 0 Å². The number of aromatic nitrogens is 2. The molecule has 0 unspecified atom stereocenters. The van der Waals surface area contributed by atoms with Crippen LogP contribution in [0.25, 0.3) is 0 Å². The van der Waals surface area contributed by atoms with E-state index >= 15 is 0 Å². The van der Waals surface area contributed by atoms with Gasteiger partial charge in [0.2, 0.25) is 11.0 Å². The van der Waals surface area contributed by atoms with Crippen LogP contribution in [0.15, 0.2) is 28.6 Å². The zero-order valence-corrected chi connectivity index (χ0v) is 15.8. The van der Waals surface area contributed by atoms with Gasteiger partial charge in [-0.1, -0.05) is 36.9 Å². The number of rotatable bonds is 8. The highest BCUT2D eigenvalue weighted by Gasteiger charge is 2.17. The smallest absolute Gasteiger partial charge is 0.233 e. The Morgan fingerprint density at radius 2 is 1.96 bits per heavy atom. The molecule has 0 aliphatic carbocycles. The van der Waals surface area contributed by atoms with Gasteiger partial charge in [0.15, 0.2) is 4.34 Å². The number of nitrogens with one attached hydrogen (secondary N) is 2. The number of anilines is 2. The third-order valence-corrected chi connectivity index (χ3v) is 5.10. The fraction of sp³-hybridized carbons (Fsp3) is 0.438. The molecule has 0 bridgehead atoms. The van der Waals surface area contributed by atoms with Gasteiger partial charge in [0, 0.05) is 12.2 Å². The third kappa shape index (κ3) is 5.68. The molecule has 0 radical (unpaired) electrons. The molecule has 0 saturated heterocycles. The molecule has 8 heteroatoms. The highest BCUT2D eigenvalue weighted by atomic mass is 32.2. The van der Waals surface area contributed by atoms with E-state index in [1.165, 1.54) is 23.1 Å². The first-order valence-electron chi connectivity index (χ1n) is 7.67. The van der Waals surface area contributed by atoms with Crippen LogP contribution < -0.4 is 15.4 Å². The Bertz CT molecular complexity index is 658. The summed E-state index contributed by atoms with van der Waals surface area (Å²) < 4.78 is 5.89. The van der Waals surface area contributed by atoms with E-state index in [9.17, 15) is 4.79 Å². The minimum Gasteiger partial charge on any atom is -0.497 e. The fourth-order valence-corrected chi connectivity index (χ4v) is 3.70. The molecular formula is C16H22N4O2S2. The highest BCUT2D eigenvalue weighted by molar-refractivity contribution is 8.02. The van der Waals surface area contributed by atoms with Crippen molar-refractivity contribution in [2.24, 2.45) is 5.92 Å². The Morgan fingerprint density at radius 1 is 1.25 bits per heavy atom. The van der Waals surface area contributed by atoms with Gasteiger partial charge in [0.05, 0.1) is 12.4 Å². The van der Waals surface area contributed by atoms with Gasteiger partial charge in [-0.25, -0.2) is 0 Å². The number of carbonyl (C=O) groups is 1. The van der Waals surface area contributed by atoms with E-state index in [4.69, 9.17) is 4.74 Å². The number of amides is 1. The Hall–Kier alpha value is -1.80. The molecular weight excluding hydrogens is 344 g/mol. The minimum absolute atomic E-state index is 0.0218. The van der Waals surface area contributed by atoms with Crippen LogP contribution in [-0.4, -0.2) is 35.0 Å². The van der Waals surface area contributed by atoms with Gasteiger partial charge < -0.3 is 15.4 Å². The first-order chi connectivity index (χ1) is 11.5. The van der Waals surface area contributed by atoms with Crippen molar-refractivity contribution in [3.05, 3.63) is 24.3 Å². The van der Waals surface area contributed by atoms with Crippen LogP contribution in [0.5, 0.6) is 5.75 Å². The van der Waals surface area contributed by atoms with Crippen LogP contribution in [0.1, 0.15) is 20.8 Å². The van der Waals surface area contributed by atoms with Crippen molar-refractivity contribution in [2.75, 3.05) is 19.0 Å². The van der Waals surface area contributed by atoms with Crippen LogP contribution in [0.3, 0.4) is 0 Å². The Morgan fingerprint density at radius 3 is 2.58 bits per heavy atom. The molecule has 2 aromatic rings. The molecule has 2 rings (SSSR count). The van der Waals surface area contributed by atoms with Crippen LogP contribution in [0.4, 0.5) is 10.8 Å². The molecule has 1 amide bonds. The number of nitrogens with zero attached hydrogens (tertiary/aromatic N) is 2. The van der Waals surface area contributed by atoms with Gasteiger partial charge in [0.1, 0.15) is 5.75 Å². The van der Waals surface area contributed by atoms with Gasteiger partial charge in [0.25, 0.3) is 0 Å². The molecule has 1 heterocycles. The minimum atomic E-state index is -0.203. The summed E-state index contributed by atoms with van der Waals surface area (Å²) in [5, 5.41) is 14.9. The maximum absolute atomic E-state index is 12.0. The van der Waals surface area contributed by atoms with Crippen LogP contribution in [0.2, 0.25) is 0 Å². The summed E-state index contributed by atoms with van der Waals surface area (Å²) in [5.41, 5.74) is 0.909. The lowest BCUT2D eigenvalue weighted by Gasteiger charge is -2.11. The monoisotopic (exact) mass is 366 g/mol. The number of benzene rings is 1. The molecule has 0 saturated carbocycles. The van der Waals surface area contributed by atoms with Crippen molar-refractivity contribution in [3.8, 4) is 5.75 Å². The van der Waals surface area contributed by atoms with E-state index in [0.29, 0.717) is 17.6 Å². The Kier molecular flexibility index (Phi) is 6.86. The van der Waals surface area contributed by atoms with Gasteiger partial charge in [-0.2, -0.15) is 0 Å². The highest BCUT2D eigenvalue weighted by Crippen LogP contribution is 2.30. The summed E-state index contributed by atoms with van der Waals surface area (Å²) in [6.45, 7) is 6.70. The van der Waals surface area contributed by atoms with E-state index in [-0.39, 0.29) is 11.2 Å². The number of ether oxygens (including phenoxy) is 1. The van der Waals surface area contributed by atoms with Gasteiger partial charge in [-0.05, 0) is 37.1 Å². The van der Waals surface area contributed by atoms with Crippen molar-refractivity contribution < 1.29 is 9.53 Å². The van der Waals surface area contributed by atoms with Crippen molar-refractivity contribution in [1.29, 1.82) is 0 Å². The summed E-state index contributed by atoms with van der Waals surface area (Å²) in [7, 11) is 1.63. The summed E-state index contributed by atoms with van der Waals surface area (Å²) in [6, 6.07) is 7.57. The van der Waals surface area contributed by atoms with E-state index in [1.54, 1.807) is 7.11 Å². The SMILES string of the molecule is COc1ccc(Nc2nnc(S[C@H](C)C(=O)NCC(C)C)s2)cc1. The second-order valence-electron chi connectivity index (χ2n) is 5.63. The van der Waals surface area contributed by atoms with Crippen LogP contribution in [-0.2, 0) is 4.79 Å². The molecule has 0 aliphatic rings. The average Bonchev–Trinajstić information content (AvgIpc) is 3.00. The normalized spacial score (nSPS) is 12.0. The summed E-state index contributed by atoms with van der Waals surface area (Å²) >= 11 is 2.84. The zero-order valence-electron chi connectivity index (χ0n) is 14.2. The molecule has 24 heavy (non-hydrogen) atoms. The second-order valence-corrected chi connectivity index (χ2v) is 8.19. The molecule has 1 aromatic heterocycles. The Labute approximate surface area is 150 Å². The molecule has 130 valence electrons. The molecule has 0 aliphatic heterocycles. The number of hydrogen-bond acceptors (Lipinski definition) is 7. The number of hydrogen-bond donors (Lipinski definition) is 2. The predicted molar refractivity (Wildman–Crippen MR) is 99.4 cm³/mol. The number of carbonyl (C=O) groups excluding carboxylic acids is 1. The van der Waals surface area contributed by atoms with Crippen molar-refractivity contribution in [1.82, 2.24) is 15.5 Å². The van der Waals surface area contributed by atoms with Gasteiger partial charge >= 0.3 is 0 Å². The maximum atomic E-state index is 12.0. The van der Waals surface area contributed by atoms with E-state index in [0.717, 1.165) is 15.8 Å². The second kappa shape index (κ2) is 8.89. The lowest BCUT2D eigenvalue weighted by atomic mass is 10.2. The van der Waals surface area contributed by atoms with Gasteiger partial charge in [-0.3, -0.25) is 4.79 Å². The van der Waals surface area contributed by atoms with Gasteiger partial charge in [-0.15, -0.1) is 10.2 Å². The summed E-state index contributed by atoms with van der Waals surface area (Å²) in [4.78, 5) is 12.0. The van der Waals surface area contributed by atoms with Crippen molar-refractivity contribution in [2.45, 2.75) is 30.4 Å². The van der Waals surface area contributed by atoms with Crippen molar-refractivity contribution in [3.63, 3.8) is 0 Å². The predicted octanol–water partition coefficient (Wildman–Crippen LogP) is 3.54. The maximum Gasteiger partial charge on any atom is 0.233 e. The summed E-state index contributed by atoms with van der Waals surface area (Å²) in [6.07, 6.45) is 0. The molecule has 1 aromatic carbocycles. The molecule has 6 nitrogen and oxygen atoms in total. The molecule has 2 N–H and O–H groups in total. The first-order valence-corrected chi connectivity index (χ1v) is 9.36. The van der Waals surface area contributed by atoms with Crippen molar-refractivity contribution >= 4 is 39.8 Å². The number of thioether (sulfide) groups is 1. The fourth-order valence-electron chi connectivity index (χ4n) is 1.76. The lowest BCUT2D eigenvalue weighted by Crippen LogP contribution is -2.33.